The lowest BCUT2D eigenvalue weighted by atomic mass is 10.2. The third-order valence-electron chi connectivity index (χ3n) is 2.91. The Morgan fingerprint density at radius 2 is 1.92 bits per heavy atom. The summed E-state index contributed by atoms with van der Waals surface area (Å²) < 4.78 is 19.0. The fourth-order valence-electron chi connectivity index (χ4n) is 2.13. The topological polar surface area (TPSA) is 55.7 Å². The molecule has 5 heteroatoms. The maximum atomic E-state index is 9.49. The van der Waals surface area contributed by atoms with Gasteiger partial charge in [-0.05, 0) is 6.42 Å². The molecule has 0 aliphatic carbocycles. The highest BCUT2D eigenvalue weighted by Crippen LogP contribution is 2.47. The number of nitrogens with one attached hydrogen (secondary N) is 1. The Morgan fingerprint density at radius 3 is 2.46 bits per heavy atom. The van der Waals surface area contributed by atoms with Crippen LogP contribution in [0.15, 0.2) is 0 Å². The summed E-state index contributed by atoms with van der Waals surface area (Å²) in [6.45, 7) is 4.19. The smallest absolute Gasteiger partial charge is 0.0530 e. The van der Waals surface area contributed by atoms with E-state index in [0.717, 1.165) is 32.6 Å². The molecule has 0 bridgehead atoms. The molecule has 2 aliphatic rings. The molecule has 2 aliphatic heterocycles. The Balaban J connectivity index is 1.87. The summed E-state index contributed by atoms with van der Waals surface area (Å²) in [7, 11) is -2.21. The number of piperazine rings is 1. The first kappa shape index (κ1) is 9.73. The lowest BCUT2D eigenvalue weighted by Crippen LogP contribution is -2.48. The summed E-state index contributed by atoms with van der Waals surface area (Å²) in [6, 6.07) is 0.423. The van der Waals surface area contributed by atoms with Crippen molar-refractivity contribution in [2.75, 3.05) is 37.7 Å². The highest BCUT2D eigenvalue weighted by Gasteiger charge is 2.32. The molecule has 0 spiro atoms. The Bertz CT molecular complexity index is 183. The largest absolute Gasteiger partial charge is 0.314 e. The van der Waals surface area contributed by atoms with Crippen molar-refractivity contribution < 1.29 is 9.11 Å². The monoisotopic (exact) mass is 206 g/mol. The maximum absolute atomic E-state index is 9.49. The van der Waals surface area contributed by atoms with Crippen LogP contribution in [0.4, 0.5) is 0 Å². The molecule has 0 aromatic rings. The summed E-state index contributed by atoms with van der Waals surface area (Å²) >= 11 is 0. The van der Waals surface area contributed by atoms with E-state index in [9.17, 15) is 9.11 Å². The second kappa shape index (κ2) is 3.74. The SMILES string of the molecule is OS1(O)CCC(N2CCNCC2)C1. The Morgan fingerprint density at radius 1 is 1.23 bits per heavy atom. The molecule has 1 atom stereocenters. The van der Waals surface area contributed by atoms with Crippen molar-refractivity contribution in [1.82, 2.24) is 10.2 Å². The zero-order chi connectivity index (χ0) is 9.31. The van der Waals surface area contributed by atoms with E-state index in [1.54, 1.807) is 0 Å². The molecule has 0 aromatic heterocycles. The predicted octanol–water partition coefficient (Wildman–Crippen LogP) is 0.415. The predicted molar refractivity (Wildman–Crippen MR) is 55.4 cm³/mol. The van der Waals surface area contributed by atoms with Gasteiger partial charge < -0.3 is 5.32 Å². The van der Waals surface area contributed by atoms with Crippen LogP contribution >= 0.6 is 10.6 Å². The minimum absolute atomic E-state index is 0.423. The summed E-state index contributed by atoms with van der Waals surface area (Å²) in [5, 5.41) is 3.30. The van der Waals surface area contributed by atoms with Crippen molar-refractivity contribution in [3.63, 3.8) is 0 Å². The van der Waals surface area contributed by atoms with E-state index in [4.69, 9.17) is 0 Å². The lowest BCUT2D eigenvalue weighted by molar-refractivity contribution is 0.187. The van der Waals surface area contributed by atoms with Gasteiger partial charge in [0.15, 0.2) is 0 Å². The van der Waals surface area contributed by atoms with Gasteiger partial charge in [0.25, 0.3) is 0 Å². The van der Waals surface area contributed by atoms with Crippen molar-refractivity contribution in [3.05, 3.63) is 0 Å². The number of hydrogen-bond donors (Lipinski definition) is 3. The fourth-order valence-corrected chi connectivity index (χ4v) is 3.94. The zero-order valence-corrected chi connectivity index (χ0v) is 8.59. The standard InChI is InChI=1S/C8H18N2O2S/c11-13(12)6-1-8(7-13)10-4-2-9-3-5-10/h8-9,11-12H,1-7H2. The van der Waals surface area contributed by atoms with Crippen LogP contribution in [0.25, 0.3) is 0 Å². The molecule has 78 valence electrons. The number of rotatable bonds is 1. The van der Waals surface area contributed by atoms with E-state index in [2.05, 4.69) is 10.2 Å². The molecule has 0 radical (unpaired) electrons. The van der Waals surface area contributed by atoms with Crippen molar-refractivity contribution in [1.29, 1.82) is 0 Å². The van der Waals surface area contributed by atoms with Gasteiger partial charge in [0.1, 0.15) is 0 Å². The molecule has 0 aromatic carbocycles. The van der Waals surface area contributed by atoms with Gasteiger partial charge in [-0.2, -0.15) is 10.6 Å². The molecular weight excluding hydrogens is 188 g/mol. The summed E-state index contributed by atoms with van der Waals surface area (Å²) in [5.74, 6) is 1.22. The molecule has 0 amide bonds. The third-order valence-corrected chi connectivity index (χ3v) is 4.71. The first-order valence-corrected chi connectivity index (χ1v) is 6.74. The molecular formula is C8H18N2O2S. The lowest BCUT2D eigenvalue weighted by Gasteiger charge is -2.34. The van der Waals surface area contributed by atoms with Crippen LogP contribution < -0.4 is 5.32 Å². The van der Waals surface area contributed by atoms with Crippen molar-refractivity contribution in [2.45, 2.75) is 12.5 Å². The van der Waals surface area contributed by atoms with Crippen LogP contribution in [0.5, 0.6) is 0 Å². The average Bonchev–Trinajstić information content (AvgIpc) is 2.48. The van der Waals surface area contributed by atoms with Gasteiger partial charge in [-0.1, -0.05) is 0 Å². The summed E-state index contributed by atoms with van der Waals surface area (Å²) in [5.41, 5.74) is 0. The minimum Gasteiger partial charge on any atom is -0.314 e. The highest BCUT2D eigenvalue weighted by molar-refractivity contribution is 8.24. The third kappa shape index (κ3) is 2.35. The van der Waals surface area contributed by atoms with E-state index < -0.39 is 10.6 Å². The van der Waals surface area contributed by atoms with E-state index in [0.29, 0.717) is 17.5 Å². The van der Waals surface area contributed by atoms with Gasteiger partial charge in [-0.3, -0.25) is 14.0 Å². The average molecular weight is 206 g/mol. The van der Waals surface area contributed by atoms with Gasteiger partial charge in [0.2, 0.25) is 0 Å². The molecule has 0 saturated carbocycles. The molecule has 4 nitrogen and oxygen atoms in total. The summed E-state index contributed by atoms with van der Waals surface area (Å²) in [4.78, 5) is 2.39. The molecule has 3 N–H and O–H groups in total. The van der Waals surface area contributed by atoms with Crippen molar-refractivity contribution in [3.8, 4) is 0 Å². The van der Waals surface area contributed by atoms with Gasteiger partial charge in [-0.25, -0.2) is 0 Å². The second-order valence-corrected chi connectivity index (χ2v) is 6.25. The number of nitrogens with zero attached hydrogens (tertiary/aromatic N) is 1. The van der Waals surface area contributed by atoms with Gasteiger partial charge >= 0.3 is 0 Å². The van der Waals surface area contributed by atoms with Crippen LogP contribution in [0.1, 0.15) is 6.42 Å². The van der Waals surface area contributed by atoms with Crippen LogP contribution in [-0.4, -0.2) is 57.7 Å². The van der Waals surface area contributed by atoms with Crippen LogP contribution in [0.2, 0.25) is 0 Å². The van der Waals surface area contributed by atoms with Crippen LogP contribution in [-0.2, 0) is 0 Å². The molecule has 13 heavy (non-hydrogen) atoms. The van der Waals surface area contributed by atoms with Gasteiger partial charge in [0, 0.05) is 38.0 Å². The molecule has 1 unspecified atom stereocenters. The molecule has 2 heterocycles. The van der Waals surface area contributed by atoms with Gasteiger partial charge in [0.05, 0.1) is 5.75 Å². The molecule has 2 saturated heterocycles. The quantitative estimate of drug-likeness (QED) is 0.582. The maximum Gasteiger partial charge on any atom is 0.0530 e. The van der Waals surface area contributed by atoms with E-state index in [1.807, 2.05) is 0 Å². The fraction of sp³-hybridized carbons (Fsp3) is 1.00. The zero-order valence-electron chi connectivity index (χ0n) is 7.78. The normalized spacial score (nSPS) is 37.5. The van der Waals surface area contributed by atoms with Crippen molar-refractivity contribution >= 4 is 10.6 Å². The summed E-state index contributed by atoms with van der Waals surface area (Å²) in [6.07, 6.45) is 0.961. The Kier molecular flexibility index (Phi) is 2.80. The molecule has 2 rings (SSSR count). The minimum atomic E-state index is -2.21. The highest BCUT2D eigenvalue weighted by atomic mass is 32.3. The van der Waals surface area contributed by atoms with E-state index in [-0.39, 0.29) is 0 Å². The number of hydrogen-bond acceptors (Lipinski definition) is 4. The van der Waals surface area contributed by atoms with Crippen LogP contribution in [0.3, 0.4) is 0 Å². The van der Waals surface area contributed by atoms with E-state index >= 15 is 0 Å². The van der Waals surface area contributed by atoms with Crippen molar-refractivity contribution in [2.24, 2.45) is 0 Å². The second-order valence-electron chi connectivity index (χ2n) is 3.90. The first-order valence-electron chi connectivity index (χ1n) is 4.86. The van der Waals surface area contributed by atoms with Gasteiger partial charge in [-0.15, -0.1) is 0 Å². The molecule has 2 fully saturated rings. The Hall–Kier alpha value is 0.190. The van der Waals surface area contributed by atoms with Crippen LogP contribution in [0, 0.1) is 0 Å². The first-order chi connectivity index (χ1) is 6.17. The van der Waals surface area contributed by atoms with E-state index in [1.165, 1.54) is 0 Å². The Labute approximate surface area is 80.7 Å².